The highest BCUT2D eigenvalue weighted by Crippen LogP contribution is 2.28. The standard InChI is InChI=1S/C21H21N3O3S/c1-15(16-8-10-17(26-2)11-9-16)24-19(25)14-28-21-20(22-12-13-23-21)27-18-6-4-3-5-7-18/h3-13,15H,14H2,1-2H3,(H,24,25)/t15-/m0/s1. The topological polar surface area (TPSA) is 73.3 Å². The lowest BCUT2D eigenvalue weighted by Gasteiger charge is -2.15. The summed E-state index contributed by atoms with van der Waals surface area (Å²) in [6.07, 6.45) is 3.15. The van der Waals surface area contributed by atoms with Gasteiger partial charge in [-0.1, -0.05) is 42.1 Å². The molecule has 6 nitrogen and oxygen atoms in total. The number of aromatic nitrogens is 2. The van der Waals surface area contributed by atoms with Crippen molar-refractivity contribution in [3.63, 3.8) is 0 Å². The van der Waals surface area contributed by atoms with E-state index < -0.39 is 0 Å². The zero-order chi connectivity index (χ0) is 19.8. The molecule has 7 heteroatoms. The number of nitrogens with zero attached hydrogens (tertiary/aromatic N) is 2. The van der Waals surface area contributed by atoms with E-state index in [-0.39, 0.29) is 17.7 Å². The quantitative estimate of drug-likeness (QED) is 0.575. The van der Waals surface area contributed by atoms with Gasteiger partial charge in [-0.3, -0.25) is 4.79 Å². The fourth-order valence-electron chi connectivity index (χ4n) is 2.47. The molecule has 3 aromatic rings. The average molecular weight is 395 g/mol. The molecule has 1 amide bonds. The summed E-state index contributed by atoms with van der Waals surface area (Å²) in [5.74, 6) is 1.96. The third-order valence-electron chi connectivity index (χ3n) is 3.92. The first kappa shape index (κ1) is 19.7. The van der Waals surface area contributed by atoms with E-state index in [1.807, 2.05) is 61.5 Å². The van der Waals surface area contributed by atoms with Gasteiger partial charge < -0.3 is 14.8 Å². The molecule has 0 saturated heterocycles. The van der Waals surface area contributed by atoms with Crippen LogP contribution in [-0.2, 0) is 4.79 Å². The van der Waals surface area contributed by atoms with E-state index in [1.165, 1.54) is 11.8 Å². The molecule has 144 valence electrons. The van der Waals surface area contributed by atoms with Gasteiger partial charge in [0.05, 0.1) is 18.9 Å². The van der Waals surface area contributed by atoms with Crippen molar-refractivity contribution in [3.05, 3.63) is 72.6 Å². The number of carbonyl (C=O) groups is 1. The van der Waals surface area contributed by atoms with Crippen LogP contribution in [0.4, 0.5) is 0 Å². The molecule has 2 aromatic carbocycles. The van der Waals surface area contributed by atoms with Gasteiger partial charge in [-0.15, -0.1) is 0 Å². The van der Waals surface area contributed by atoms with Crippen molar-refractivity contribution >= 4 is 17.7 Å². The maximum atomic E-state index is 12.3. The molecule has 0 saturated carbocycles. The fourth-order valence-corrected chi connectivity index (χ4v) is 3.18. The number of methoxy groups -OCH3 is 1. The van der Waals surface area contributed by atoms with Crippen molar-refractivity contribution in [1.82, 2.24) is 15.3 Å². The van der Waals surface area contributed by atoms with Gasteiger partial charge >= 0.3 is 0 Å². The van der Waals surface area contributed by atoms with E-state index >= 15 is 0 Å². The Bertz CT molecular complexity index is 904. The monoisotopic (exact) mass is 395 g/mol. The molecule has 1 aromatic heterocycles. The van der Waals surface area contributed by atoms with E-state index in [0.717, 1.165) is 11.3 Å². The minimum atomic E-state index is -0.110. The minimum Gasteiger partial charge on any atom is -0.497 e. The number of rotatable bonds is 8. The predicted octanol–water partition coefficient (Wildman–Crippen LogP) is 4.25. The Kier molecular flexibility index (Phi) is 6.86. The highest BCUT2D eigenvalue weighted by atomic mass is 32.2. The maximum absolute atomic E-state index is 12.3. The minimum absolute atomic E-state index is 0.0929. The molecular weight excluding hydrogens is 374 g/mol. The van der Waals surface area contributed by atoms with Gasteiger partial charge in [0.2, 0.25) is 5.91 Å². The zero-order valence-electron chi connectivity index (χ0n) is 15.7. The molecule has 0 aliphatic carbocycles. The van der Waals surface area contributed by atoms with Gasteiger partial charge in [-0.2, -0.15) is 0 Å². The number of carbonyl (C=O) groups excluding carboxylic acids is 1. The number of para-hydroxylation sites is 1. The van der Waals surface area contributed by atoms with Crippen LogP contribution >= 0.6 is 11.8 Å². The molecule has 0 bridgehead atoms. The number of thioether (sulfide) groups is 1. The second-order valence-electron chi connectivity index (χ2n) is 5.93. The number of nitrogens with one attached hydrogen (secondary N) is 1. The first-order valence-electron chi connectivity index (χ1n) is 8.75. The smallest absolute Gasteiger partial charge is 0.252 e. The van der Waals surface area contributed by atoms with E-state index in [4.69, 9.17) is 9.47 Å². The summed E-state index contributed by atoms with van der Waals surface area (Å²) in [4.78, 5) is 20.9. The van der Waals surface area contributed by atoms with Crippen LogP contribution in [-0.4, -0.2) is 28.7 Å². The molecule has 28 heavy (non-hydrogen) atoms. The van der Waals surface area contributed by atoms with Gasteiger partial charge in [-0.25, -0.2) is 9.97 Å². The van der Waals surface area contributed by atoms with Crippen molar-refractivity contribution < 1.29 is 14.3 Å². The van der Waals surface area contributed by atoms with Crippen LogP contribution in [0.3, 0.4) is 0 Å². The van der Waals surface area contributed by atoms with Crippen LogP contribution in [0.2, 0.25) is 0 Å². The highest BCUT2D eigenvalue weighted by molar-refractivity contribution is 8.00. The van der Waals surface area contributed by atoms with Crippen LogP contribution in [0, 0.1) is 0 Å². The summed E-state index contributed by atoms with van der Waals surface area (Å²) in [7, 11) is 1.62. The van der Waals surface area contributed by atoms with E-state index in [0.29, 0.717) is 16.7 Å². The molecule has 0 unspecified atom stereocenters. The Labute approximate surface area is 168 Å². The molecular formula is C21H21N3O3S. The van der Waals surface area contributed by atoms with Gasteiger partial charge in [-0.05, 0) is 36.8 Å². The largest absolute Gasteiger partial charge is 0.497 e. The maximum Gasteiger partial charge on any atom is 0.252 e. The molecule has 0 fully saturated rings. The molecule has 1 atom stereocenters. The second kappa shape index (κ2) is 9.75. The third kappa shape index (κ3) is 5.47. The Balaban J connectivity index is 1.57. The Morgan fingerprint density at radius 3 is 2.46 bits per heavy atom. The average Bonchev–Trinajstić information content (AvgIpc) is 2.74. The number of hydrogen-bond acceptors (Lipinski definition) is 6. The zero-order valence-corrected chi connectivity index (χ0v) is 16.5. The van der Waals surface area contributed by atoms with Crippen molar-refractivity contribution in [3.8, 4) is 17.4 Å². The molecule has 1 heterocycles. The normalized spacial score (nSPS) is 11.5. The van der Waals surface area contributed by atoms with Crippen LogP contribution in [0.1, 0.15) is 18.5 Å². The van der Waals surface area contributed by atoms with Crippen LogP contribution in [0.25, 0.3) is 0 Å². The molecule has 0 spiro atoms. The summed E-state index contributed by atoms with van der Waals surface area (Å²) in [6, 6.07) is 16.9. The summed E-state index contributed by atoms with van der Waals surface area (Å²) in [5, 5.41) is 3.55. The highest BCUT2D eigenvalue weighted by Gasteiger charge is 2.14. The molecule has 0 radical (unpaired) electrons. The van der Waals surface area contributed by atoms with Gasteiger partial charge in [0.15, 0.2) is 5.03 Å². The number of hydrogen-bond donors (Lipinski definition) is 1. The van der Waals surface area contributed by atoms with Crippen molar-refractivity contribution in [2.75, 3.05) is 12.9 Å². The van der Waals surface area contributed by atoms with E-state index in [9.17, 15) is 4.79 Å². The number of ether oxygens (including phenoxy) is 2. The first-order chi connectivity index (χ1) is 13.7. The van der Waals surface area contributed by atoms with Crippen LogP contribution < -0.4 is 14.8 Å². The van der Waals surface area contributed by atoms with E-state index in [1.54, 1.807) is 19.5 Å². The van der Waals surface area contributed by atoms with Crippen molar-refractivity contribution in [2.45, 2.75) is 18.0 Å². The number of amides is 1. The predicted molar refractivity (Wildman–Crippen MR) is 109 cm³/mol. The lowest BCUT2D eigenvalue weighted by Crippen LogP contribution is -2.28. The molecule has 1 N–H and O–H groups in total. The van der Waals surface area contributed by atoms with Gasteiger partial charge in [0.1, 0.15) is 11.5 Å². The molecule has 0 aliphatic rings. The lowest BCUT2D eigenvalue weighted by molar-refractivity contribution is -0.119. The van der Waals surface area contributed by atoms with Crippen LogP contribution in [0.5, 0.6) is 17.4 Å². The summed E-state index contributed by atoms with van der Waals surface area (Å²) >= 11 is 1.29. The van der Waals surface area contributed by atoms with Crippen LogP contribution in [0.15, 0.2) is 72.0 Å². The van der Waals surface area contributed by atoms with Crippen molar-refractivity contribution in [1.29, 1.82) is 0 Å². The Morgan fingerprint density at radius 1 is 1.04 bits per heavy atom. The van der Waals surface area contributed by atoms with Gasteiger partial charge in [0, 0.05) is 12.4 Å². The third-order valence-corrected chi connectivity index (χ3v) is 4.88. The second-order valence-corrected chi connectivity index (χ2v) is 6.90. The fraction of sp³-hybridized carbons (Fsp3) is 0.190. The Hall–Kier alpha value is -3.06. The van der Waals surface area contributed by atoms with E-state index in [2.05, 4.69) is 15.3 Å². The van der Waals surface area contributed by atoms with Crippen molar-refractivity contribution in [2.24, 2.45) is 0 Å². The lowest BCUT2D eigenvalue weighted by atomic mass is 10.1. The molecule has 3 rings (SSSR count). The summed E-state index contributed by atoms with van der Waals surface area (Å²) < 4.78 is 10.9. The number of benzene rings is 2. The SMILES string of the molecule is COc1ccc([C@H](C)NC(=O)CSc2nccnc2Oc2ccccc2)cc1. The summed E-state index contributed by atoms with van der Waals surface area (Å²) in [5.41, 5.74) is 1.01. The summed E-state index contributed by atoms with van der Waals surface area (Å²) in [6.45, 7) is 1.94. The first-order valence-corrected chi connectivity index (χ1v) is 9.74. The van der Waals surface area contributed by atoms with Gasteiger partial charge in [0.25, 0.3) is 5.88 Å². The molecule has 0 aliphatic heterocycles. The Morgan fingerprint density at radius 2 is 1.75 bits per heavy atom.